The van der Waals surface area contributed by atoms with Crippen LogP contribution in [0.5, 0.6) is 0 Å². The quantitative estimate of drug-likeness (QED) is 0.628. The van der Waals surface area contributed by atoms with Crippen LogP contribution in [0.3, 0.4) is 0 Å². The summed E-state index contributed by atoms with van der Waals surface area (Å²) >= 11 is 0. The van der Waals surface area contributed by atoms with Gasteiger partial charge in [-0.15, -0.1) is 0 Å². The second kappa shape index (κ2) is 4.92. The predicted molar refractivity (Wildman–Crippen MR) is 70.1 cm³/mol. The molecule has 0 unspecified atom stereocenters. The normalized spacial score (nSPS) is 10.2. The standard InChI is InChI=1S/C12H9N3O5/c1-8-6-9(2-3-10(8)14(17)18)13-5-4-12(16)11(7-13)15(19)20/h2-7H,1H3. The lowest BCUT2D eigenvalue weighted by atomic mass is 10.2. The van der Waals surface area contributed by atoms with Gasteiger partial charge in [0, 0.05) is 29.6 Å². The van der Waals surface area contributed by atoms with Crippen LogP contribution in [0, 0.1) is 27.2 Å². The van der Waals surface area contributed by atoms with E-state index in [2.05, 4.69) is 0 Å². The van der Waals surface area contributed by atoms with E-state index < -0.39 is 21.0 Å². The van der Waals surface area contributed by atoms with Gasteiger partial charge in [-0.1, -0.05) is 0 Å². The van der Waals surface area contributed by atoms with Crippen molar-refractivity contribution in [2.45, 2.75) is 6.92 Å². The molecule has 8 nitrogen and oxygen atoms in total. The van der Waals surface area contributed by atoms with Crippen molar-refractivity contribution in [3.63, 3.8) is 0 Å². The molecule has 0 fully saturated rings. The van der Waals surface area contributed by atoms with E-state index >= 15 is 0 Å². The summed E-state index contributed by atoms with van der Waals surface area (Å²) in [5.41, 5.74) is -0.359. The van der Waals surface area contributed by atoms with E-state index in [1.807, 2.05) is 0 Å². The van der Waals surface area contributed by atoms with Gasteiger partial charge in [-0.25, -0.2) is 0 Å². The van der Waals surface area contributed by atoms with E-state index in [0.717, 1.165) is 12.3 Å². The van der Waals surface area contributed by atoms with Crippen LogP contribution in [-0.2, 0) is 0 Å². The van der Waals surface area contributed by atoms with Crippen LogP contribution in [-0.4, -0.2) is 14.4 Å². The third-order valence-electron chi connectivity index (χ3n) is 2.77. The highest BCUT2D eigenvalue weighted by Gasteiger charge is 2.14. The molecule has 2 rings (SSSR count). The first kappa shape index (κ1) is 13.4. The molecular formula is C12H9N3O5. The minimum Gasteiger partial charge on any atom is -0.317 e. The Morgan fingerprint density at radius 3 is 2.25 bits per heavy atom. The van der Waals surface area contributed by atoms with Gasteiger partial charge in [-0.3, -0.25) is 25.0 Å². The molecule has 0 saturated carbocycles. The summed E-state index contributed by atoms with van der Waals surface area (Å²) in [5, 5.41) is 21.4. The first-order valence-electron chi connectivity index (χ1n) is 5.52. The molecule has 0 aliphatic heterocycles. The molecule has 8 heteroatoms. The molecule has 0 aliphatic carbocycles. The molecule has 2 aromatic rings. The fourth-order valence-corrected chi connectivity index (χ4v) is 1.77. The Morgan fingerprint density at radius 2 is 1.70 bits per heavy atom. The lowest BCUT2D eigenvalue weighted by Crippen LogP contribution is -2.10. The third-order valence-corrected chi connectivity index (χ3v) is 2.77. The molecule has 1 aromatic carbocycles. The van der Waals surface area contributed by atoms with Crippen molar-refractivity contribution in [2.75, 3.05) is 0 Å². The molecule has 0 aliphatic rings. The number of aromatic nitrogens is 1. The molecule has 0 amide bonds. The van der Waals surface area contributed by atoms with E-state index in [1.165, 1.54) is 29.0 Å². The highest BCUT2D eigenvalue weighted by molar-refractivity contribution is 5.48. The molecule has 0 spiro atoms. The lowest BCUT2D eigenvalue weighted by molar-refractivity contribution is -0.386. The van der Waals surface area contributed by atoms with Crippen LogP contribution in [0.4, 0.5) is 11.4 Å². The van der Waals surface area contributed by atoms with Gasteiger partial charge in [-0.2, -0.15) is 0 Å². The van der Waals surface area contributed by atoms with Gasteiger partial charge in [0.15, 0.2) is 0 Å². The maximum Gasteiger partial charge on any atom is 0.332 e. The summed E-state index contributed by atoms with van der Waals surface area (Å²) < 4.78 is 1.37. The van der Waals surface area contributed by atoms with Crippen LogP contribution in [0.1, 0.15) is 5.56 Å². The Balaban J connectivity index is 2.55. The Bertz CT molecular complexity index is 766. The molecule has 0 radical (unpaired) electrons. The highest BCUT2D eigenvalue weighted by Crippen LogP contribution is 2.21. The van der Waals surface area contributed by atoms with Gasteiger partial charge >= 0.3 is 5.69 Å². The number of benzene rings is 1. The smallest absolute Gasteiger partial charge is 0.317 e. The molecule has 0 N–H and O–H groups in total. The zero-order valence-corrected chi connectivity index (χ0v) is 10.3. The maximum absolute atomic E-state index is 11.3. The summed E-state index contributed by atoms with van der Waals surface area (Å²) in [4.78, 5) is 31.5. The Hall–Kier alpha value is -3.03. The zero-order valence-electron chi connectivity index (χ0n) is 10.3. The minimum atomic E-state index is -0.767. The number of pyridine rings is 1. The fraction of sp³-hybridized carbons (Fsp3) is 0.0833. The highest BCUT2D eigenvalue weighted by atomic mass is 16.6. The largest absolute Gasteiger partial charge is 0.332 e. The van der Waals surface area contributed by atoms with Crippen LogP contribution in [0.2, 0.25) is 0 Å². The van der Waals surface area contributed by atoms with Gasteiger partial charge in [0.25, 0.3) is 11.1 Å². The SMILES string of the molecule is Cc1cc(-n2ccc(=O)c([N+](=O)[O-])c2)ccc1[N+](=O)[O-]. The second-order valence-electron chi connectivity index (χ2n) is 4.09. The number of aryl methyl sites for hydroxylation is 1. The van der Waals surface area contributed by atoms with Gasteiger partial charge in [0.2, 0.25) is 0 Å². The Morgan fingerprint density at radius 1 is 1.05 bits per heavy atom. The van der Waals surface area contributed by atoms with E-state index in [9.17, 15) is 25.0 Å². The average molecular weight is 275 g/mol. The molecule has 20 heavy (non-hydrogen) atoms. The minimum absolute atomic E-state index is 0.0377. The maximum atomic E-state index is 11.3. The second-order valence-corrected chi connectivity index (χ2v) is 4.09. The summed E-state index contributed by atoms with van der Waals surface area (Å²) in [7, 11) is 0. The number of hydrogen-bond acceptors (Lipinski definition) is 5. The summed E-state index contributed by atoms with van der Waals surface area (Å²) in [5.74, 6) is 0. The van der Waals surface area contributed by atoms with Crippen LogP contribution < -0.4 is 5.43 Å². The first-order valence-corrected chi connectivity index (χ1v) is 5.52. The van der Waals surface area contributed by atoms with Crippen molar-refractivity contribution in [2.24, 2.45) is 0 Å². The van der Waals surface area contributed by atoms with E-state index in [4.69, 9.17) is 0 Å². The van der Waals surface area contributed by atoms with E-state index in [-0.39, 0.29) is 5.69 Å². The van der Waals surface area contributed by atoms with E-state index in [0.29, 0.717) is 11.3 Å². The average Bonchev–Trinajstić information content (AvgIpc) is 2.38. The van der Waals surface area contributed by atoms with Crippen LogP contribution in [0.15, 0.2) is 41.5 Å². The fourth-order valence-electron chi connectivity index (χ4n) is 1.77. The van der Waals surface area contributed by atoms with Crippen molar-refractivity contribution >= 4 is 11.4 Å². The van der Waals surface area contributed by atoms with Crippen LogP contribution >= 0.6 is 0 Å². The van der Waals surface area contributed by atoms with Gasteiger partial charge in [0.1, 0.15) is 0 Å². The monoisotopic (exact) mass is 275 g/mol. The molecule has 1 aromatic heterocycles. The number of nitrogens with zero attached hydrogens (tertiary/aromatic N) is 3. The topological polar surface area (TPSA) is 108 Å². The van der Waals surface area contributed by atoms with Crippen molar-refractivity contribution < 1.29 is 9.85 Å². The van der Waals surface area contributed by atoms with Crippen molar-refractivity contribution in [3.8, 4) is 5.69 Å². The summed E-state index contributed by atoms with van der Waals surface area (Å²) in [6.45, 7) is 1.57. The van der Waals surface area contributed by atoms with Gasteiger partial charge < -0.3 is 4.57 Å². The number of rotatable bonds is 3. The molecule has 102 valence electrons. The predicted octanol–water partition coefficient (Wildman–Crippen LogP) is 1.96. The number of nitro groups is 2. The molecule has 0 saturated heterocycles. The van der Waals surface area contributed by atoms with Crippen molar-refractivity contribution in [3.05, 3.63) is 72.7 Å². The van der Waals surface area contributed by atoms with Crippen molar-refractivity contribution in [1.82, 2.24) is 4.57 Å². The Labute approximate surface area is 112 Å². The summed E-state index contributed by atoms with van der Waals surface area (Å²) in [6, 6.07) is 5.37. The third kappa shape index (κ3) is 2.39. The van der Waals surface area contributed by atoms with Crippen LogP contribution in [0.25, 0.3) is 5.69 Å². The molecule has 1 heterocycles. The molecule has 0 bridgehead atoms. The summed E-state index contributed by atoms with van der Waals surface area (Å²) in [6.07, 6.45) is 2.46. The van der Waals surface area contributed by atoms with Gasteiger partial charge in [0.05, 0.1) is 16.0 Å². The lowest BCUT2D eigenvalue weighted by Gasteiger charge is -2.07. The Kier molecular flexibility index (Phi) is 3.30. The number of nitro benzene ring substituents is 1. The zero-order chi connectivity index (χ0) is 14.9. The van der Waals surface area contributed by atoms with Crippen molar-refractivity contribution in [1.29, 1.82) is 0 Å². The first-order chi connectivity index (χ1) is 9.40. The van der Waals surface area contributed by atoms with E-state index in [1.54, 1.807) is 6.92 Å². The number of hydrogen-bond donors (Lipinski definition) is 0. The molecule has 0 atom stereocenters. The molecular weight excluding hydrogens is 266 g/mol. The van der Waals surface area contributed by atoms with Gasteiger partial charge in [-0.05, 0) is 19.1 Å².